The first-order chi connectivity index (χ1) is 8.90. The van der Waals surface area contributed by atoms with Gasteiger partial charge in [-0.3, -0.25) is 9.69 Å². The minimum Gasteiger partial charge on any atom is -0.393 e. The van der Waals surface area contributed by atoms with Crippen molar-refractivity contribution in [2.45, 2.75) is 45.1 Å². The summed E-state index contributed by atoms with van der Waals surface area (Å²) >= 11 is 4.83. The summed E-state index contributed by atoms with van der Waals surface area (Å²) in [5.74, 6) is 0.931. The highest BCUT2D eigenvalue weighted by Gasteiger charge is 2.24. The molecule has 2 unspecified atom stereocenters. The Bertz CT molecular complexity index is 322. The maximum absolute atomic E-state index is 12.1. The van der Waals surface area contributed by atoms with Crippen LogP contribution in [0.3, 0.4) is 0 Å². The summed E-state index contributed by atoms with van der Waals surface area (Å²) in [5.41, 5.74) is 5.46. The number of likely N-dealkylation sites (N-methyl/N-ethyl adjacent to an activating group) is 2. The Morgan fingerprint density at radius 2 is 2.05 bits per heavy atom. The zero-order valence-corrected chi connectivity index (χ0v) is 13.2. The van der Waals surface area contributed by atoms with E-state index in [2.05, 4.69) is 18.9 Å². The summed E-state index contributed by atoms with van der Waals surface area (Å²) in [7, 11) is 3.87. The fourth-order valence-electron chi connectivity index (χ4n) is 2.67. The number of carbonyl (C=O) groups is 1. The van der Waals surface area contributed by atoms with Gasteiger partial charge < -0.3 is 10.6 Å². The lowest BCUT2D eigenvalue weighted by molar-refractivity contribution is -0.131. The number of nitrogens with two attached hydrogens (primary N) is 1. The van der Waals surface area contributed by atoms with Crippen LogP contribution in [-0.4, -0.2) is 53.9 Å². The number of nitrogens with zero attached hydrogens (tertiary/aromatic N) is 2. The Morgan fingerprint density at radius 1 is 1.37 bits per heavy atom. The van der Waals surface area contributed by atoms with Crippen molar-refractivity contribution in [1.29, 1.82) is 0 Å². The Balaban J connectivity index is 2.35. The molecule has 19 heavy (non-hydrogen) atoms. The van der Waals surface area contributed by atoms with Gasteiger partial charge in [0.1, 0.15) is 0 Å². The first kappa shape index (κ1) is 16.4. The van der Waals surface area contributed by atoms with Crippen LogP contribution < -0.4 is 5.73 Å². The molecule has 0 aliphatic heterocycles. The number of thiocarbonyl (C=S) groups is 1. The van der Waals surface area contributed by atoms with E-state index in [4.69, 9.17) is 18.0 Å². The zero-order chi connectivity index (χ0) is 14.4. The summed E-state index contributed by atoms with van der Waals surface area (Å²) in [5, 5.41) is 0. The quantitative estimate of drug-likeness (QED) is 0.754. The van der Waals surface area contributed by atoms with Crippen LogP contribution in [0.5, 0.6) is 0 Å². The van der Waals surface area contributed by atoms with Crippen molar-refractivity contribution in [2.24, 2.45) is 11.7 Å². The molecule has 0 heterocycles. The molecule has 1 rings (SSSR count). The van der Waals surface area contributed by atoms with Crippen molar-refractivity contribution < 1.29 is 4.79 Å². The summed E-state index contributed by atoms with van der Waals surface area (Å²) in [4.78, 5) is 16.5. The molecule has 2 atom stereocenters. The van der Waals surface area contributed by atoms with E-state index >= 15 is 0 Å². The molecule has 0 bridgehead atoms. The van der Waals surface area contributed by atoms with E-state index in [1.54, 1.807) is 4.90 Å². The molecule has 0 spiro atoms. The van der Waals surface area contributed by atoms with E-state index in [0.717, 1.165) is 5.92 Å². The summed E-state index contributed by atoms with van der Waals surface area (Å²) in [6.07, 6.45) is 5.63. The number of amides is 1. The molecule has 1 fully saturated rings. The SMILES string of the molecule is CC1CCCC(N(C)CC(=O)N(C)CCC(N)=S)C1. The van der Waals surface area contributed by atoms with Gasteiger partial charge in [-0.1, -0.05) is 32.0 Å². The molecule has 0 aromatic heterocycles. The van der Waals surface area contributed by atoms with Gasteiger partial charge in [0.05, 0.1) is 11.5 Å². The maximum atomic E-state index is 12.1. The van der Waals surface area contributed by atoms with Gasteiger partial charge in [-0.15, -0.1) is 0 Å². The van der Waals surface area contributed by atoms with Gasteiger partial charge in [-0.05, 0) is 25.8 Å². The Morgan fingerprint density at radius 3 is 2.63 bits per heavy atom. The van der Waals surface area contributed by atoms with Crippen molar-refractivity contribution in [2.75, 3.05) is 27.2 Å². The second-order valence-corrected chi connectivity index (χ2v) is 6.40. The third-order valence-electron chi connectivity index (χ3n) is 4.04. The van der Waals surface area contributed by atoms with E-state index in [0.29, 0.717) is 30.5 Å². The summed E-state index contributed by atoms with van der Waals surface area (Å²) < 4.78 is 0. The number of hydrogen-bond donors (Lipinski definition) is 1. The van der Waals surface area contributed by atoms with E-state index in [1.165, 1.54) is 25.7 Å². The maximum Gasteiger partial charge on any atom is 0.236 e. The number of carbonyl (C=O) groups excluding carboxylic acids is 1. The monoisotopic (exact) mass is 285 g/mol. The van der Waals surface area contributed by atoms with Gasteiger partial charge in [0, 0.05) is 26.1 Å². The number of rotatable bonds is 6. The van der Waals surface area contributed by atoms with E-state index in [9.17, 15) is 4.79 Å². The molecule has 5 heteroatoms. The minimum atomic E-state index is 0.150. The van der Waals surface area contributed by atoms with Crippen LogP contribution in [0.25, 0.3) is 0 Å². The average Bonchev–Trinajstić information content (AvgIpc) is 2.35. The lowest BCUT2D eigenvalue weighted by atomic mass is 9.86. The molecule has 0 aromatic rings. The van der Waals surface area contributed by atoms with Gasteiger partial charge in [0.2, 0.25) is 5.91 Å². The molecule has 110 valence electrons. The standard InChI is InChI=1S/C14H27N3OS/c1-11-5-4-6-12(9-11)17(3)10-14(18)16(2)8-7-13(15)19/h11-12H,4-10H2,1-3H3,(H2,15,19). The van der Waals surface area contributed by atoms with Gasteiger partial charge in [-0.2, -0.15) is 0 Å². The highest BCUT2D eigenvalue weighted by atomic mass is 32.1. The fraction of sp³-hybridized carbons (Fsp3) is 0.857. The summed E-state index contributed by atoms with van der Waals surface area (Å²) in [6, 6.07) is 0.552. The molecule has 0 saturated heterocycles. The average molecular weight is 285 g/mol. The molecule has 2 N–H and O–H groups in total. The molecular formula is C14H27N3OS. The van der Waals surface area contributed by atoms with Gasteiger partial charge in [0.25, 0.3) is 0 Å². The van der Waals surface area contributed by atoms with Crippen LogP contribution in [0.15, 0.2) is 0 Å². The highest BCUT2D eigenvalue weighted by Crippen LogP contribution is 2.26. The smallest absolute Gasteiger partial charge is 0.236 e. The molecular weight excluding hydrogens is 258 g/mol. The minimum absolute atomic E-state index is 0.150. The molecule has 0 radical (unpaired) electrons. The molecule has 0 aromatic carbocycles. The normalized spacial score (nSPS) is 23.4. The second kappa shape index (κ2) is 7.80. The van der Waals surface area contributed by atoms with Crippen molar-refractivity contribution >= 4 is 23.1 Å². The van der Waals surface area contributed by atoms with Crippen molar-refractivity contribution in [3.05, 3.63) is 0 Å². The molecule has 1 aliphatic carbocycles. The first-order valence-corrected chi connectivity index (χ1v) is 7.53. The van der Waals surface area contributed by atoms with Crippen LogP contribution in [0.1, 0.15) is 39.0 Å². The van der Waals surface area contributed by atoms with Crippen LogP contribution in [-0.2, 0) is 4.79 Å². The predicted octanol–water partition coefficient (Wildman–Crippen LogP) is 1.63. The lowest BCUT2D eigenvalue weighted by Gasteiger charge is -2.34. The van der Waals surface area contributed by atoms with Gasteiger partial charge >= 0.3 is 0 Å². The van der Waals surface area contributed by atoms with E-state index in [-0.39, 0.29) is 5.91 Å². The van der Waals surface area contributed by atoms with Crippen molar-refractivity contribution in [1.82, 2.24) is 9.80 Å². The molecule has 1 aliphatic rings. The van der Waals surface area contributed by atoms with Crippen LogP contribution in [0.4, 0.5) is 0 Å². The van der Waals surface area contributed by atoms with E-state index in [1.807, 2.05) is 7.05 Å². The Kier molecular flexibility index (Phi) is 6.72. The van der Waals surface area contributed by atoms with Crippen molar-refractivity contribution in [3.8, 4) is 0 Å². The zero-order valence-electron chi connectivity index (χ0n) is 12.4. The second-order valence-electron chi connectivity index (χ2n) is 5.87. The van der Waals surface area contributed by atoms with Gasteiger partial charge in [0.15, 0.2) is 0 Å². The molecule has 4 nitrogen and oxygen atoms in total. The van der Waals surface area contributed by atoms with Crippen LogP contribution in [0, 0.1) is 5.92 Å². The fourth-order valence-corrected chi connectivity index (χ4v) is 2.76. The largest absolute Gasteiger partial charge is 0.393 e. The Labute approximate surface area is 122 Å². The van der Waals surface area contributed by atoms with E-state index < -0.39 is 0 Å². The van der Waals surface area contributed by atoms with Crippen molar-refractivity contribution in [3.63, 3.8) is 0 Å². The van der Waals surface area contributed by atoms with Crippen LogP contribution in [0.2, 0.25) is 0 Å². The Hall–Kier alpha value is -0.680. The number of hydrogen-bond acceptors (Lipinski definition) is 3. The van der Waals surface area contributed by atoms with Gasteiger partial charge in [-0.25, -0.2) is 0 Å². The van der Waals surface area contributed by atoms with Crippen LogP contribution >= 0.6 is 12.2 Å². The third kappa shape index (κ3) is 5.87. The third-order valence-corrected chi connectivity index (χ3v) is 4.24. The molecule has 1 saturated carbocycles. The highest BCUT2D eigenvalue weighted by molar-refractivity contribution is 7.80. The topological polar surface area (TPSA) is 49.6 Å². The molecule has 1 amide bonds. The first-order valence-electron chi connectivity index (χ1n) is 7.12. The lowest BCUT2D eigenvalue weighted by Crippen LogP contribution is -2.43. The summed E-state index contributed by atoms with van der Waals surface area (Å²) in [6.45, 7) is 3.41. The predicted molar refractivity (Wildman–Crippen MR) is 83.1 cm³/mol.